The lowest BCUT2D eigenvalue weighted by Gasteiger charge is -2.04. The Labute approximate surface area is 95.7 Å². The summed E-state index contributed by atoms with van der Waals surface area (Å²) in [6.07, 6.45) is -0.275. The van der Waals surface area contributed by atoms with Gasteiger partial charge in [0.05, 0.1) is 7.11 Å². The molecule has 0 atom stereocenters. The fraction of sp³-hybridized carbons (Fsp3) is 0.200. The lowest BCUT2D eigenvalue weighted by Crippen LogP contribution is -2.17. The van der Waals surface area contributed by atoms with Crippen molar-refractivity contribution in [2.45, 2.75) is 6.42 Å². The molecule has 0 spiro atoms. The molecule has 0 unspecified atom stereocenters. The third kappa shape index (κ3) is 4.12. The molecule has 0 aliphatic carbocycles. The van der Waals surface area contributed by atoms with Crippen molar-refractivity contribution in [3.05, 3.63) is 28.7 Å². The number of halogens is 1. The largest absolute Gasteiger partial charge is 0.469 e. The second-order valence-corrected chi connectivity index (χ2v) is 3.73. The zero-order chi connectivity index (χ0) is 11.3. The van der Waals surface area contributed by atoms with Gasteiger partial charge < -0.3 is 10.1 Å². The van der Waals surface area contributed by atoms with Crippen LogP contribution < -0.4 is 5.32 Å². The summed E-state index contributed by atoms with van der Waals surface area (Å²) in [6, 6.07) is 7.11. The van der Waals surface area contributed by atoms with E-state index < -0.39 is 5.97 Å². The monoisotopic (exact) mass is 271 g/mol. The molecule has 1 aromatic carbocycles. The number of hydrogen-bond donors (Lipinski definition) is 1. The quantitative estimate of drug-likeness (QED) is 0.676. The molecule has 80 valence electrons. The lowest BCUT2D eigenvalue weighted by atomic mass is 10.3. The van der Waals surface area contributed by atoms with E-state index in [0.717, 1.165) is 4.47 Å². The van der Waals surface area contributed by atoms with Crippen molar-refractivity contribution in [3.63, 3.8) is 0 Å². The molecule has 1 amide bonds. The highest BCUT2D eigenvalue weighted by atomic mass is 79.9. The summed E-state index contributed by atoms with van der Waals surface area (Å²) in [5.41, 5.74) is 0.637. The van der Waals surface area contributed by atoms with Gasteiger partial charge >= 0.3 is 5.97 Å². The minimum atomic E-state index is -0.553. The first-order valence-corrected chi connectivity index (χ1v) is 5.03. The van der Waals surface area contributed by atoms with Crippen LogP contribution in [0.4, 0.5) is 5.69 Å². The average molecular weight is 272 g/mol. The Hall–Kier alpha value is -1.36. The summed E-state index contributed by atoms with van der Waals surface area (Å²) < 4.78 is 5.23. The predicted octanol–water partition coefficient (Wildman–Crippen LogP) is 1.95. The van der Waals surface area contributed by atoms with E-state index in [2.05, 4.69) is 26.0 Å². The van der Waals surface area contributed by atoms with Crippen LogP contribution in [0.3, 0.4) is 0 Å². The molecule has 1 rings (SSSR count). The summed E-state index contributed by atoms with van der Waals surface area (Å²) >= 11 is 3.27. The van der Waals surface area contributed by atoms with E-state index in [1.165, 1.54) is 7.11 Å². The molecule has 1 aromatic rings. The first-order chi connectivity index (χ1) is 7.11. The van der Waals surface area contributed by atoms with Gasteiger partial charge in [-0.2, -0.15) is 0 Å². The molecule has 15 heavy (non-hydrogen) atoms. The highest BCUT2D eigenvalue weighted by Crippen LogP contribution is 2.15. The van der Waals surface area contributed by atoms with Crippen LogP contribution in [-0.2, 0) is 14.3 Å². The van der Waals surface area contributed by atoms with Crippen molar-refractivity contribution >= 4 is 33.5 Å². The molecule has 1 N–H and O–H groups in total. The van der Waals surface area contributed by atoms with E-state index in [9.17, 15) is 9.59 Å². The first-order valence-electron chi connectivity index (χ1n) is 4.24. The van der Waals surface area contributed by atoms with Crippen LogP contribution in [0.15, 0.2) is 28.7 Å². The predicted molar refractivity (Wildman–Crippen MR) is 59.4 cm³/mol. The maximum atomic E-state index is 11.3. The second kappa shape index (κ2) is 5.50. The van der Waals surface area contributed by atoms with Crippen LogP contribution in [-0.4, -0.2) is 19.0 Å². The van der Waals surface area contributed by atoms with E-state index in [1.54, 1.807) is 18.2 Å². The molecule has 5 heteroatoms. The van der Waals surface area contributed by atoms with Gasteiger partial charge in [0, 0.05) is 10.2 Å². The highest BCUT2D eigenvalue weighted by Gasteiger charge is 2.09. The van der Waals surface area contributed by atoms with Gasteiger partial charge in [0.2, 0.25) is 5.91 Å². The summed E-state index contributed by atoms with van der Waals surface area (Å²) in [5.74, 6) is -0.942. The standard InChI is InChI=1S/C10H10BrNO3/c1-15-10(14)6-9(13)12-8-4-2-3-7(11)5-8/h2-5H,6H2,1H3,(H,12,13). The smallest absolute Gasteiger partial charge is 0.315 e. The van der Waals surface area contributed by atoms with Crippen LogP contribution in [0.5, 0.6) is 0 Å². The topological polar surface area (TPSA) is 55.4 Å². The van der Waals surface area contributed by atoms with Crippen molar-refractivity contribution in [2.24, 2.45) is 0 Å². The fourth-order valence-electron chi connectivity index (χ4n) is 0.975. The number of carbonyl (C=O) groups excluding carboxylic acids is 2. The molecule has 0 heterocycles. The van der Waals surface area contributed by atoms with Gasteiger partial charge in [-0.3, -0.25) is 9.59 Å². The van der Waals surface area contributed by atoms with Gasteiger partial charge in [0.1, 0.15) is 6.42 Å². The van der Waals surface area contributed by atoms with Gasteiger partial charge in [-0.05, 0) is 18.2 Å². The lowest BCUT2D eigenvalue weighted by molar-refractivity contribution is -0.142. The van der Waals surface area contributed by atoms with Crippen molar-refractivity contribution < 1.29 is 14.3 Å². The number of anilines is 1. The summed E-state index contributed by atoms with van der Waals surface area (Å²) in [5, 5.41) is 2.58. The van der Waals surface area contributed by atoms with Crippen LogP contribution in [0.2, 0.25) is 0 Å². The summed E-state index contributed by atoms with van der Waals surface area (Å²) in [4.78, 5) is 22.1. The first kappa shape index (κ1) is 11.7. The Morgan fingerprint density at radius 2 is 2.20 bits per heavy atom. The number of ether oxygens (including phenoxy) is 1. The summed E-state index contributed by atoms with van der Waals surface area (Å²) in [7, 11) is 1.24. The zero-order valence-corrected chi connectivity index (χ0v) is 9.71. The number of benzene rings is 1. The number of esters is 1. The Kier molecular flexibility index (Phi) is 4.30. The van der Waals surface area contributed by atoms with E-state index >= 15 is 0 Å². The molecular weight excluding hydrogens is 262 g/mol. The van der Waals surface area contributed by atoms with Crippen molar-refractivity contribution in [1.82, 2.24) is 0 Å². The van der Waals surface area contributed by atoms with Crippen molar-refractivity contribution in [3.8, 4) is 0 Å². The van der Waals surface area contributed by atoms with Gasteiger partial charge in [0.25, 0.3) is 0 Å². The Bertz CT molecular complexity index is 379. The molecule has 0 bridgehead atoms. The van der Waals surface area contributed by atoms with Gasteiger partial charge in [-0.15, -0.1) is 0 Å². The molecule has 0 saturated heterocycles. The number of nitrogens with one attached hydrogen (secondary N) is 1. The number of amides is 1. The number of rotatable bonds is 3. The van der Waals surface area contributed by atoms with Gasteiger partial charge in [0.15, 0.2) is 0 Å². The van der Waals surface area contributed by atoms with E-state index in [-0.39, 0.29) is 12.3 Å². The SMILES string of the molecule is COC(=O)CC(=O)Nc1cccc(Br)c1. The molecule has 0 aliphatic heterocycles. The van der Waals surface area contributed by atoms with Crippen molar-refractivity contribution in [2.75, 3.05) is 12.4 Å². The summed E-state index contributed by atoms with van der Waals surface area (Å²) in [6.45, 7) is 0. The molecule has 0 aliphatic rings. The number of carbonyl (C=O) groups is 2. The fourth-order valence-corrected chi connectivity index (χ4v) is 1.37. The van der Waals surface area contributed by atoms with E-state index in [4.69, 9.17) is 0 Å². The van der Waals surface area contributed by atoms with E-state index in [0.29, 0.717) is 5.69 Å². The minimum Gasteiger partial charge on any atom is -0.469 e. The van der Waals surface area contributed by atoms with Crippen molar-refractivity contribution in [1.29, 1.82) is 0 Å². The van der Waals surface area contributed by atoms with Crippen LogP contribution in [0, 0.1) is 0 Å². The maximum absolute atomic E-state index is 11.3. The second-order valence-electron chi connectivity index (χ2n) is 2.81. The minimum absolute atomic E-state index is 0.275. The molecule has 0 saturated carbocycles. The third-order valence-electron chi connectivity index (χ3n) is 1.64. The van der Waals surface area contributed by atoms with Crippen LogP contribution in [0.25, 0.3) is 0 Å². The molecule has 0 aromatic heterocycles. The Morgan fingerprint density at radius 3 is 2.80 bits per heavy atom. The number of hydrogen-bond acceptors (Lipinski definition) is 3. The molecule has 0 fully saturated rings. The molecular formula is C10H10BrNO3. The normalized spacial score (nSPS) is 9.47. The van der Waals surface area contributed by atoms with Gasteiger partial charge in [-0.1, -0.05) is 22.0 Å². The number of methoxy groups -OCH3 is 1. The third-order valence-corrected chi connectivity index (χ3v) is 2.13. The Balaban J connectivity index is 2.55. The van der Waals surface area contributed by atoms with E-state index in [1.807, 2.05) is 6.07 Å². The maximum Gasteiger partial charge on any atom is 0.315 e. The molecule has 4 nitrogen and oxygen atoms in total. The Morgan fingerprint density at radius 1 is 1.47 bits per heavy atom. The highest BCUT2D eigenvalue weighted by molar-refractivity contribution is 9.10. The van der Waals surface area contributed by atoms with Crippen LogP contribution in [0.1, 0.15) is 6.42 Å². The zero-order valence-electron chi connectivity index (χ0n) is 8.12. The van der Waals surface area contributed by atoms with Gasteiger partial charge in [-0.25, -0.2) is 0 Å². The van der Waals surface area contributed by atoms with Crippen LogP contribution >= 0.6 is 15.9 Å². The average Bonchev–Trinajstić information content (AvgIpc) is 2.17. The molecule has 0 radical (unpaired) electrons.